The molecule has 7 rings (SSSR count). The molecule has 1 N–H and O–H groups in total. The Labute approximate surface area is 184 Å². The Hall–Kier alpha value is -4.30. The Bertz CT molecular complexity index is 1770. The number of H-pyrrole nitrogens is 1. The summed E-state index contributed by atoms with van der Waals surface area (Å²) in [5.74, 6) is 0. The van der Waals surface area contributed by atoms with E-state index in [4.69, 9.17) is 4.42 Å². The highest BCUT2D eigenvalue weighted by Gasteiger charge is 2.13. The summed E-state index contributed by atoms with van der Waals surface area (Å²) in [6.45, 7) is 0. The molecule has 0 amide bonds. The lowest BCUT2D eigenvalue weighted by Gasteiger charge is -2.05. The molecule has 0 aliphatic heterocycles. The second kappa shape index (κ2) is 6.60. The second-order valence-electron chi connectivity index (χ2n) is 8.29. The standard InChI is InChI=1S/C30H19NO/c1-2-7-19(8-3-1)20-13-15-26-24(17-20)25-18-21(14-16-27(25)31-26)22-10-6-12-29-30(22)23-9-4-5-11-28(23)32-29/h1-18,31H. The number of benzene rings is 5. The molecular formula is C30H19NO. The van der Waals surface area contributed by atoms with E-state index < -0.39 is 0 Å². The van der Waals surface area contributed by atoms with Gasteiger partial charge in [-0.2, -0.15) is 0 Å². The van der Waals surface area contributed by atoms with Crippen LogP contribution in [0, 0.1) is 0 Å². The summed E-state index contributed by atoms with van der Waals surface area (Å²) < 4.78 is 6.12. The van der Waals surface area contributed by atoms with Gasteiger partial charge in [-0.3, -0.25) is 0 Å². The minimum atomic E-state index is 0.925. The Morgan fingerprint density at radius 2 is 1.16 bits per heavy atom. The number of hydrogen-bond donors (Lipinski definition) is 1. The maximum absolute atomic E-state index is 6.12. The van der Waals surface area contributed by atoms with Crippen LogP contribution < -0.4 is 0 Å². The van der Waals surface area contributed by atoms with E-state index in [1.807, 2.05) is 12.1 Å². The lowest BCUT2D eigenvalue weighted by Crippen LogP contribution is -1.80. The van der Waals surface area contributed by atoms with Crippen molar-refractivity contribution in [1.82, 2.24) is 4.98 Å². The van der Waals surface area contributed by atoms with Crippen LogP contribution in [0.2, 0.25) is 0 Å². The molecule has 0 radical (unpaired) electrons. The molecule has 2 heteroatoms. The molecule has 0 atom stereocenters. The Balaban J connectivity index is 1.49. The van der Waals surface area contributed by atoms with Crippen LogP contribution in [0.3, 0.4) is 0 Å². The quantitative estimate of drug-likeness (QED) is 0.304. The van der Waals surface area contributed by atoms with Gasteiger partial charge < -0.3 is 9.40 Å². The Morgan fingerprint density at radius 3 is 2.00 bits per heavy atom. The van der Waals surface area contributed by atoms with Gasteiger partial charge in [0.05, 0.1) is 0 Å². The molecule has 2 aromatic heterocycles. The number of para-hydroxylation sites is 1. The summed E-state index contributed by atoms with van der Waals surface area (Å²) in [5, 5.41) is 4.81. The number of rotatable bonds is 2. The first-order valence-corrected chi connectivity index (χ1v) is 10.9. The molecule has 0 saturated heterocycles. The number of furan rings is 1. The van der Waals surface area contributed by atoms with Crippen molar-refractivity contribution in [3.05, 3.63) is 109 Å². The topological polar surface area (TPSA) is 28.9 Å². The molecule has 0 saturated carbocycles. The molecule has 7 aromatic rings. The zero-order valence-electron chi connectivity index (χ0n) is 17.3. The minimum absolute atomic E-state index is 0.925. The average molecular weight is 409 g/mol. The zero-order valence-corrected chi connectivity index (χ0v) is 17.3. The molecule has 0 aliphatic rings. The van der Waals surface area contributed by atoms with E-state index >= 15 is 0 Å². The molecule has 2 nitrogen and oxygen atoms in total. The van der Waals surface area contributed by atoms with Crippen LogP contribution >= 0.6 is 0 Å². The molecule has 0 spiro atoms. The zero-order chi connectivity index (χ0) is 21.1. The lowest BCUT2D eigenvalue weighted by molar-refractivity contribution is 0.669. The summed E-state index contributed by atoms with van der Waals surface area (Å²) in [6, 6.07) is 38.5. The lowest BCUT2D eigenvalue weighted by atomic mass is 9.97. The molecule has 0 fully saturated rings. The van der Waals surface area contributed by atoms with Crippen LogP contribution in [-0.4, -0.2) is 4.98 Å². The van der Waals surface area contributed by atoms with Crippen LogP contribution in [0.1, 0.15) is 0 Å². The van der Waals surface area contributed by atoms with Crippen molar-refractivity contribution < 1.29 is 4.42 Å². The normalized spacial score (nSPS) is 11.8. The summed E-state index contributed by atoms with van der Waals surface area (Å²) in [6.07, 6.45) is 0. The van der Waals surface area contributed by atoms with E-state index in [1.54, 1.807) is 0 Å². The third kappa shape index (κ3) is 2.53. The van der Waals surface area contributed by atoms with Gasteiger partial charge in [0, 0.05) is 32.6 Å². The highest BCUT2D eigenvalue weighted by molar-refractivity contribution is 6.14. The van der Waals surface area contributed by atoms with E-state index in [1.165, 1.54) is 38.4 Å². The highest BCUT2D eigenvalue weighted by Crippen LogP contribution is 2.38. The highest BCUT2D eigenvalue weighted by atomic mass is 16.3. The van der Waals surface area contributed by atoms with Gasteiger partial charge in [0.2, 0.25) is 0 Å². The van der Waals surface area contributed by atoms with E-state index in [9.17, 15) is 0 Å². The van der Waals surface area contributed by atoms with E-state index in [-0.39, 0.29) is 0 Å². The molecule has 0 aliphatic carbocycles. The molecule has 0 bridgehead atoms. The van der Waals surface area contributed by atoms with Crippen molar-refractivity contribution in [3.8, 4) is 22.3 Å². The molecule has 5 aromatic carbocycles. The van der Waals surface area contributed by atoms with Gasteiger partial charge in [0.25, 0.3) is 0 Å². The third-order valence-electron chi connectivity index (χ3n) is 6.42. The number of fused-ring (bicyclic) bond motifs is 6. The molecule has 2 heterocycles. The molecular weight excluding hydrogens is 390 g/mol. The second-order valence-corrected chi connectivity index (χ2v) is 8.29. The van der Waals surface area contributed by atoms with Crippen molar-refractivity contribution in [2.24, 2.45) is 0 Å². The number of aromatic amines is 1. The van der Waals surface area contributed by atoms with Crippen LogP contribution in [-0.2, 0) is 0 Å². The first kappa shape index (κ1) is 17.4. The maximum Gasteiger partial charge on any atom is 0.136 e. The van der Waals surface area contributed by atoms with Gasteiger partial charge in [-0.1, -0.05) is 72.8 Å². The van der Waals surface area contributed by atoms with Gasteiger partial charge in [-0.15, -0.1) is 0 Å². The number of aromatic nitrogens is 1. The van der Waals surface area contributed by atoms with Gasteiger partial charge in [-0.05, 0) is 58.7 Å². The van der Waals surface area contributed by atoms with Gasteiger partial charge in [0.1, 0.15) is 11.2 Å². The smallest absolute Gasteiger partial charge is 0.136 e. The first-order chi connectivity index (χ1) is 15.8. The summed E-state index contributed by atoms with van der Waals surface area (Å²) in [7, 11) is 0. The van der Waals surface area contributed by atoms with E-state index in [2.05, 4.69) is 102 Å². The summed E-state index contributed by atoms with van der Waals surface area (Å²) >= 11 is 0. The number of nitrogens with one attached hydrogen (secondary N) is 1. The van der Waals surface area contributed by atoms with Crippen molar-refractivity contribution in [2.75, 3.05) is 0 Å². The van der Waals surface area contributed by atoms with Gasteiger partial charge >= 0.3 is 0 Å². The maximum atomic E-state index is 6.12. The van der Waals surface area contributed by atoms with Crippen LogP contribution in [0.25, 0.3) is 66.0 Å². The van der Waals surface area contributed by atoms with Crippen molar-refractivity contribution in [1.29, 1.82) is 0 Å². The van der Waals surface area contributed by atoms with Gasteiger partial charge in [-0.25, -0.2) is 0 Å². The fraction of sp³-hybridized carbons (Fsp3) is 0. The van der Waals surface area contributed by atoms with Gasteiger partial charge in [0.15, 0.2) is 0 Å². The van der Waals surface area contributed by atoms with Crippen LogP contribution in [0.15, 0.2) is 114 Å². The largest absolute Gasteiger partial charge is 0.456 e. The van der Waals surface area contributed by atoms with Crippen molar-refractivity contribution >= 4 is 43.7 Å². The predicted octanol–water partition coefficient (Wildman–Crippen LogP) is 8.55. The SMILES string of the molecule is c1ccc(-c2ccc3[nH]c4ccc(-c5cccc6oc7ccccc7c56)cc4c3c2)cc1. The summed E-state index contributed by atoms with van der Waals surface area (Å²) in [5.41, 5.74) is 9.01. The van der Waals surface area contributed by atoms with E-state index in [0.29, 0.717) is 0 Å². The minimum Gasteiger partial charge on any atom is -0.456 e. The first-order valence-electron chi connectivity index (χ1n) is 10.9. The number of hydrogen-bond acceptors (Lipinski definition) is 1. The molecule has 32 heavy (non-hydrogen) atoms. The predicted molar refractivity (Wildman–Crippen MR) is 134 cm³/mol. The monoisotopic (exact) mass is 409 g/mol. The van der Waals surface area contributed by atoms with Crippen molar-refractivity contribution in [2.45, 2.75) is 0 Å². The Kier molecular flexibility index (Phi) is 3.58. The average Bonchev–Trinajstić information content (AvgIpc) is 3.42. The fourth-order valence-electron chi connectivity index (χ4n) is 4.89. The van der Waals surface area contributed by atoms with E-state index in [0.717, 1.165) is 27.6 Å². The van der Waals surface area contributed by atoms with Crippen LogP contribution in [0.5, 0.6) is 0 Å². The fourth-order valence-corrected chi connectivity index (χ4v) is 4.89. The Morgan fingerprint density at radius 1 is 0.469 bits per heavy atom. The van der Waals surface area contributed by atoms with Crippen LogP contribution in [0.4, 0.5) is 0 Å². The summed E-state index contributed by atoms with van der Waals surface area (Å²) in [4.78, 5) is 3.58. The molecule has 150 valence electrons. The third-order valence-corrected chi connectivity index (χ3v) is 6.42. The van der Waals surface area contributed by atoms with Crippen molar-refractivity contribution in [3.63, 3.8) is 0 Å². The molecule has 0 unspecified atom stereocenters.